The second-order valence-electron chi connectivity index (χ2n) is 3.97. The minimum Gasteiger partial charge on any atom is -0.280 e. The molecular weight excluding hydrogens is 424 g/mol. The van der Waals surface area contributed by atoms with Gasteiger partial charge in [-0.3, -0.25) is 26.3 Å². The zero-order chi connectivity index (χ0) is 18.6. The third kappa shape index (κ3) is 5.55. The van der Waals surface area contributed by atoms with Crippen molar-refractivity contribution in [2.75, 3.05) is 0 Å². The van der Waals surface area contributed by atoms with Gasteiger partial charge in [0.15, 0.2) is 12.9 Å². The zero-order valence-electron chi connectivity index (χ0n) is 11.8. The van der Waals surface area contributed by atoms with Gasteiger partial charge < -0.3 is 0 Å². The fourth-order valence-corrected chi connectivity index (χ4v) is 1.34. The van der Waals surface area contributed by atoms with Crippen molar-refractivity contribution in [3.8, 4) is 0 Å². The van der Waals surface area contributed by atoms with Gasteiger partial charge in [0.1, 0.15) is 23.3 Å². The van der Waals surface area contributed by atoms with Gasteiger partial charge in [-0.2, -0.15) is 12.1 Å². The van der Waals surface area contributed by atoms with Crippen molar-refractivity contribution in [3.63, 3.8) is 0 Å². The van der Waals surface area contributed by atoms with Crippen LogP contribution in [0.4, 0.5) is 43.9 Å². The normalized spacial score (nSPS) is 9.68. The van der Waals surface area contributed by atoms with Crippen LogP contribution in [-0.2, 0) is 19.5 Å². The molecule has 0 fully saturated rings. The van der Waals surface area contributed by atoms with E-state index in [-0.39, 0.29) is 19.5 Å². The predicted octanol–water partition coefficient (Wildman–Crippen LogP) is 5.76. The third-order valence-electron chi connectivity index (χ3n) is 2.48. The van der Waals surface area contributed by atoms with Crippen molar-refractivity contribution in [2.45, 2.75) is 0 Å². The minimum absolute atomic E-state index is 0. The Hall–Kier alpha value is -1.90. The summed E-state index contributed by atoms with van der Waals surface area (Å²) >= 11 is 0. The summed E-state index contributed by atoms with van der Waals surface area (Å²) in [5.41, 5.74) is -2.43. The summed E-state index contributed by atoms with van der Waals surface area (Å²) in [6.07, 6.45) is -4.77. The van der Waals surface area contributed by atoms with Crippen LogP contribution in [-0.4, -0.2) is 0 Å². The first-order chi connectivity index (χ1) is 11.1. The molecule has 0 radical (unpaired) electrons. The second-order valence-corrected chi connectivity index (χ2v) is 3.97. The maximum absolute atomic E-state index is 12.4. The van der Waals surface area contributed by atoms with Gasteiger partial charge in [0.05, 0.1) is 11.6 Å². The molecule has 0 atom stereocenters. The molecule has 0 bridgehead atoms. The molecule has 2 rings (SSSR count). The molecular formula is C14H4F10Zn. The molecule has 2 aromatic rings. The Kier molecular flexibility index (Phi) is 8.83. The van der Waals surface area contributed by atoms with Crippen molar-refractivity contribution >= 4 is 0 Å². The Balaban J connectivity index is 0.000000443. The molecule has 0 aliphatic carbocycles. The quantitative estimate of drug-likeness (QED) is 0.247. The van der Waals surface area contributed by atoms with E-state index in [0.29, 0.717) is 24.3 Å². The fraction of sp³-hybridized carbons (Fsp3) is 0. The Morgan fingerprint density at radius 1 is 0.480 bits per heavy atom. The number of hydrogen-bond donors (Lipinski definition) is 0. The first-order valence-corrected chi connectivity index (χ1v) is 5.71. The van der Waals surface area contributed by atoms with Gasteiger partial charge in [0.25, 0.3) is 0 Å². The molecule has 0 amide bonds. The van der Waals surface area contributed by atoms with Crippen LogP contribution in [0.2, 0.25) is 0 Å². The number of hydrogen-bond acceptors (Lipinski definition) is 0. The Morgan fingerprint density at radius 2 is 0.760 bits per heavy atom. The molecule has 0 saturated heterocycles. The van der Waals surface area contributed by atoms with Crippen molar-refractivity contribution in [1.29, 1.82) is 0 Å². The van der Waals surface area contributed by atoms with Crippen LogP contribution in [0.25, 0.3) is 0 Å². The Morgan fingerprint density at radius 3 is 1.00 bits per heavy atom. The van der Waals surface area contributed by atoms with E-state index in [1.165, 1.54) is 0 Å². The maximum atomic E-state index is 12.4. The van der Waals surface area contributed by atoms with Crippen LogP contribution < -0.4 is 0 Å². The minimum atomic E-state index is -2.38. The Labute approximate surface area is 147 Å². The van der Waals surface area contributed by atoms with E-state index < -0.39 is 58.9 Å². The largest absolute Gasteiger partial charge is 2.00 e. The molecule has 2 aromatic carbocycles. The summed E-state index contributed by atoms with van der Waals surface area (Å²) in [5, 5.41) is 0. The van der Waals surface area contributed by atoms with Crippen molar-refractivity contribution in [1.82, 2.24) is 0 Å². The first-order valence-electron chi connectivity index (χ1n) is 5.71. The molecule has 0 aliphatic heterocycles. The molecule has 0 spiro atoms. The molecule has 0 heterocycles. The summed E-state index contributed by atoms with van der Waals surface area (Å²) in [6, 6.07) is 1.83. The van der Waals surface area contributed by atoms with E-state index >= 15 is 0 Å². The van der Waals surface area contributed by atoms with E-state index in [1.807, 2.05) is 0 Å². The van der Waals surface area contributed by atoms with Crippen LogP contribution in [0.1, 0.15) is 11.1 Å². The number of rotatable bonds is 2. The van der Waals surface area contributed by atoms with E-state index in [9.17, 15) is 43.9 Å². The average Bonchev–Trinajstić information content (AvgIpc) is 2.50. The monoisotopic (exact) mass is 426 g/mol. The van der Waals surface area contributed by atoms with Gasteiger partial charge in [0, 0.05) is 0 Å². The summed E-state index contributed by atoms with van der Waals surface area (Å²) in [6.45, 7) is 0. The zero-order valence-corrected chi connectivity index (χ0v) is 14.8. The molecule has 25 heavy (non-hydrogen) atoms. The van der Waals surface area contributed by atoms with Crippen LogP contribution in [0.5, 0.6) is 0 Å². The van der Waals surface area contributed by atoms with Crippen LogP contribution in [0.3, 0.4) is 0 Å². The molecule has 0 nitrogen and oxygen atoms in total. The SMILES string of the molecule is Fc1ccc([C-](F)F)c(F)c1F.Fc1ccc([C-](F)F)c(F)c1F.[Zn+2]. The molecule has 0 saturated carbocycles. The van der Waals surface area contributed by atoms with Crippen molar-refractivity contribution in [3.05, 3.63) is 83.1 Å². The van der Waals surface area contributed by atoms with Crippen molar-refractivity contribution < 1.29 is 63.4 Å². The van der Waals surface area contributed by atoms with Crippen LogP contribution >= 0.6 is 0 Å². The number of benzene rings is 2. The third-order valence-corrected chi connectivity index (χ3v) is 2.48. The molecule has 132 valence electrons. The van der Waals surface area contributed by atoms with Gasteiger partial charge in [0.2, 0.25) is 0 Å². The molecule has 0 aromatic heterocycles. The summed E-state index contributed by atoms with van der Waals surface area (Å²) < 4.78 is 121. The number of halogens is 10. The van der Waals surface area contributed by atoms with Gasteiger partial charge in [-0.15, -0.1) is 0 Å². The van der Waals surface area contributed by atoms with E-state index in [4.69, 9.17) is 0 Å². The van der Waals surface area contributed by atoms with E-state index in [2.05, 4.69) is 0 Å². The van der Waals surface area contributed by atoms with Gasteiger partial charge in [-0.25, -0.2) is 17.6 Å². The summed E-state index contributed by atoms with van der Waals surface area (Å²) in [4.78, 5) is 0. The molecule has 0 N–H and O–H groups in total. The smallest absolute Gasteiger partial charge is 0.280 e. The van der Waals surface area contributed by atoms with E-state index in [1.54, 1.807) is 0 Å². The molecule has 0 unspecified atom stereocenters. The molecule has 11 heteroatoms. The summed E-state index contributed by atoms with van der Waals surface area (Å²) in [5.74, 6) is -10.5. The topological polar surface area (TPSA) is 0 Å². The summed E-state index contributed by atoms with van der Waals surface area (Å²) in [7, 11) is 0. The first kappa shape index (κ1) is 23.1. The average molecular weight is 428 g/mol. The van der Waals surface area contributed by atoms with Gasteiger partial charge >= 0.3 is 19.5 Å². The maximum Gasteiger partial charge on any atom is 2.00 e. The van der Waals surface area contributed by atoms with Gasteiger partial charge in [-0.1, -0.05) is 23.3 Å². The predicted molar refractivity (Wildman–Crippen MR) is 61.8 cm³/mol. The van der Waals surface area contributed by atoms with Gasteiger partial charge in [-0.05, 0) is 0 Å². The van der Waals surface area contributed by atoms with Crippen LogP contribution in [0.15, 0.2) is 24.3 Å². The molecule has 0 aliphatic rings. The van der Waals surface area contributed by atoms with Crippen LogP contribution in [0, 0.1) is 47.8 Å². The Bertz CT molecular complexity index is 656. The standard InChI is InChI=1S/2C7H2F5.Zn/c2*8-4-2-1-3(7(11)12)5(9)6(4)10;/h2*1-2H;/q2*-1;+2. The fourth-order valence-electron chi connectivity index (χ4n) is 1.34. The second kappa shape index (κ2) is 9.55. The van der Waals surface area contributed by atoms with E-state index in [0.717, 1.165) is 0 Å². The van der Waals surface area contributed by atoms with Crippen molar-refractivity contribution in [2.24, 2.45) is 0 Å².